The van der Waals surface area contributed by atoms with Crippen molar-refractivity contribution in [2.24, 2.45) is 17.8 Å². The van der Waals surface area contributed by atoms with E-state index in [1.807, 2.05) is 27.7 Å². The molecule has 0 aromatic heterocycles. The quantitative estimate of drug-likeness (QED) is 0.770. The van der Waals surface area contributed by atoms with E-state index in [1.165, 1.54) is 0 Å². The van der Waals surface area contributed by atoms with Crippen molar-refractivity contribution in [3.8, 4) is 0 Å². The molecule has 5 nitrogen and oxygen atoms in total. The smallest absolute Gasteiger partial charge is 0.308 e. The minimum Gasteiger partial charge on any atom is -0.481 e. The number of ether oxygens (including phenoxy) is 1. The molecule has 1 heterocycles. The highest BCUT2D eigenvalue weighted by Crippen LogP contribution is 2.32. The van der Waals surface area contributed by atoms with Crippen LogP contribution in [0.15, 0.2) is 0 Å². The lowest BCUT2D eigenvalue weighted by atomic mass is 9.88. The van der Waals surface area contributed by atoms with Crippen LogP contribution in [-0.4, -0.2) is 35.7 Å². The second-order valence-electron chi connectivity index (χ2n) is 5.50. The molecule has 1 aliphatic rings. The Hall–Kier alpha value is -1.10. The van der Waals surface area contributed by atoms with Crippen LogP contribution < -0.4 is 5.32 Å². The second kappa shape index (κ2) is 6.89. The fourth-order valence-electron chi connectivity index (χ4n) is 2.72. The van der Waals surface area contributed by atoms with E-state index in [0.29, 0.717) is 6.42 Å². The van der Waals surface area contributed by atoms with Gasteiger partial charge in [0.1, 0.15) is 0 Å². The zero-order valence-electron chi connectivity index (χ0n) is 12.2. The third kappa shape index (κ3) is 3.93. The van der Waals surface area contributed by atoms with E-state index < -0.39 is 11.9 Å². The van der Waals surface area contributed by atoms with Crippen LogP contribution in [0.5, 0.6) is 0 Å². The van der Waals surface area contributed by atoms with Gasteiger partial charge < -0.3 is 15.2 Å². The summed E-state index contributed by atoms with van der Waals surface area (Å²) in [6, 6.07) is 0. The lowest BCUT2D eigenvalue weighted by molar-refractivity contribution is -0.142. The first kappa shape index (κ1) is 16.0. The molecule has 2 N–H and O–H groups in total. The van der Waals surface area contributed by atoms with Crippen molar-refractivity contribution < 1.29 is 19.4 Å². The predicted octanol–water partition coefficient (Wildman–Crippen LogP) is 1.66. The molecule has 0 bridgehead atoms. The van der Waals surface area contributed by atoms with Crippen LogP contribution >= 0.6 is 0 Å². The normalized spacial score (nSPS) is 32.0. The van der Waals surface area contributed by atoms with Crippen molar-refractivity contribution in [2.45, 2.75) is 52.7 Å². The molecule has 110 valence electrons. The number of carbonyl (C=O) groups is 2. The number of hydrogen-bond donors (Lipinski definition) is 2. The Morgan fingerprint density at radius 3 is 2.32 bits per heavy atom. The molecule has 1 aliphatic heterocycles. The summed E-state index contributed by atoms with van der Waals surface area (Å²) in [5.41, 5.74) is 0. The largest absolute Gasteiger partial charge is 0.481 e. The van der Waals surface area contributed by atoms with Crippen molar-refractivity contribution in [1.82, 2.24) is 5.32 Å². The number of carbonyl (C=O) groups excluding carboxylic acids is 1. The Bertz CT molecular complexity index is 331. The van der Waals surface area contributed by atoms with Gasteiger partial charge in [-0.05, 0) is 26.2 Å². The molecular formula is C14H25NO4. The molecule has 0 saturated carbocycles. The Kier molecular flexibility index (Phi) is 5.79. The number of amides is 1. The third-order valence-electron chi connectivity index (χ3n) is 4.05. The van der Waals surface area contributed by atoms with Gasteiger partial charge in [-0.25, -0.2) is 0 Å². The maximum absolute atomic E-state index is 12.2. The van der Waals surface area contributed by atoms with Gasteiger partial charge in [-0.2, -0.15) is 0 Å². The van der Waals surface area contributed by atoms with Crippen LogP contribution in [0.2, 0.25) is 0 Å². The van der Waals surface area contributed by atoms with Crippen molar-refractivity contribution in [3.05, 3.63) is 0 Å². The number of carboxylic acids is 1. The SMILES string of the molecule is CCCC(CNC(=O)C1C(C)OC(C)C1C)C(=O)O. The van der Waals surface area contributed by atoms with Gasteiger partial charge in [0, 0.05) is 6.54 Å². The van der Waals surface area contributed by atoms with Gasteiger partial charge in [0.2, 0.25) is 5.91 Å². The summed E-state index contributed by atoms with van der Waals surface area (Å²) in [5.74, 6) is -1.47. The van der Waals surface area contributed by atoms with E-state index in [0.717, 1.165) is 6.42 Å². The maximum atomic E-state index is 12.2. The van der Waals surface area contributed by atoms with Crippen LogP contribution in [0.1, 0.15) is 40.5 Å². The van der Waals surface area contributed by atoms with Crippen LogP contribution in [0.25, 0.3) is 0 Å². The average Bonchev–Trinajstić information content (AvgIpc) is 2.58. The summed E-state index contributed by atoms with van der Waals surface area (Å²) in [6.45, 7) is 8.00. The van der Waals surface area contributed by atoms with Gasteiger partial charge in [-0.15, -0.1) is 0 Å². The second-order valence-corrected chi connectivity index (χ2v) is 5.50. The van der Waals surface area contributed by atoms with Crippen molar-refractivity contribution in [3.63, 3.8) is 0 Å². The summed E-state index contributed by atoms with van der Waals surface area (Å²) in [6.07, 6.45) is 1.33. The van der Waals surface area contributed by atoms with E-state index in [2.05, 4.69) is 5.32 Å². The van der Waals surface area contributed by atoms with E-state index in [9.17, 15) is 9.59 Å². The fraction of sp³-hybridized carbons (Fsp3) is 0.857. The summed E-state index contributed by atoms with van der Waals surface area (Å²) >= 11 is 0. The molecule has 5 heteroatoms. The summed E-state index contributed by atoms with van der Waals surface area (Å²) < 4.78 is 5.63. The lowest BCUT2D eigenvalue weighted by Gasteiger charge is -2.19. The molecule has 1 amide bonds. The van der Waals surface area contributed by atoms with E-state index in [1.54, 1.807) is 0 Å². The molecule has 1 saturated heterocycles. The molecule has 0 radical (unpaired) electrons. The fourth-order valence-corrected chi connectivity index (χ4v) is 2.72. The molecule has 19 heavy (non-hydrogen) atoms. The highest BCUT2D eigenvalue weighted by molar-refractivity contribution is 5.80. The van der Waals surface area contributed by atoms with Crippen LogP contribution in [0.3, 0.4) is 0 Å². The van der Waals surface area contributed by atoms with Crippen molar-refractivity contribution >= 4 is 11.9 Å². The van der Waals surface area contributed by atoms with Crippen molar-refractivity contribution in [2.75, 3.05) is 6.54 Å². The van der Waals surface area contributed by atoms with Crippen LogP contribution in [0.4, 0.5) is 0 Å². The number of carboxylic acid groups (broad SMARTS) is 1. The minimum atomic E-state index is -0.848. The Morgan fingerprint density at radius 2 is 1.89 bits per heavy atom. The topological polar surface area (TPSA) is 75.6 Å². The number of rotatable bonds is 6. The zero-order chi connectivity index (χ0) is 14.6. The van der Waals surface area contributed by atoms with Gasteiger partial charge in [-0.1, -0.05) is 20.3 Å². The first-order valence-electron chi connectivity index (χ1n) is 7.04. The first-order chi connectivity index (χ1) is 8.88. The molecular weight excluding hydrogens is 246 g/mol. The summed E-state index contributed by atoms with van der Waals surface area (Å²) in [4.78, 5) is 23.2. The molecule has 0 aliphatic carbocycles. The average molecular weight is 271 g/mol. The van der Waals surface area contributed by atoms with Gasteiger partial charge in [0.25, 0.3) is 0 Å². The van der Waals surface area contributed by atoms with Gasteiger partial charge in [0.05, 0.1) is 24.0 Å². The minimum absolute atomic E-state index is 0.0664. The monoisotopic (exact) mass is 271 g/mol. The van der Waals surface area contributed by atoms with Gasteiger partial charge in [-0.3, -0.25) is 9.59 Å². The molecule has 0 aromatic rings. The molecule has 5 atom stereocenters. The zero-order valence-corrected chi connectivity index (χ0v) is 12.2. The van der Waals surface area contributed by atoms with Gasteiger partial charge in [0.15, 0.2) is 0 Å². The van der Waals surface area contributed by atoms with Crippen molar-refractivity contribution in [1.29, 1.82) is 0 Å². The highest BCUT2D eigenvalue weighted by Gasteiger charge is 2.41. The standard InChI is InChI=1S/C14H25NO4/c1-5-6-11(14(17)18)7-15-13(16)12-8(2)9(3)19-10(12)4/h8-12H,5-7H2,1-4H3,(H,15,16)(H,17,18). The third-order valence-corrected chi connectivity index (χ3v) is 4.05. The lowest BCUT2D eigenvalue weighted by Crippen LogP contribution is -2.40. The summed E-state index contributed by atoms with van der Waals surface area (Å²) in [5, 5.41) is 11.8. The van der Waals surface area contributed by atoms with Gasteiger partial charge >= 0.3 is 5.97 Å². The number of hydrogen-bond acceptors (Lipinski definition) is 3. The van der Waals surface area contributed by atoms with E-state index >= 15 is 0 Å². The Labute approximate surface area is 114 Å². The first-order valence-corrected chi connectivity index (χ1v) is 7.04. The van der Waals surface area contributed by atoms with Crippen LogP contribution in [-0.2, 0) is 14.3 Å². The summed E-state index contributed by atoms with van der Waals surface area (Å²) in [7, 11) is 0. The van der Waals surface area contributed by atoms with E-state index in [4.69, 9.17) is 9.84 Å². The van der Waals surface area contributed by atoms with Crippen LogP contribution in [0, 0.1) is 17.8 Å². The molecule has 0 aromatic carbocycles. The van der Waals surface area contributed by atoms with E-state index in [-0.39, 0.29) is 36.5 Å². The molecule has 0 spiro atoms. The highest BCUT2D eigenvalue weighted by atomic mass is 16.5. The molecule has 1 rings (SSSR count). The Balaban J connectivity index is 2.53. The molecule has 5 unspecified atom stereocenters. The molecule has 1 fully saturated rings. The number of nitrogens with one attached hydrogen (secondary N) is 1. The predicted molar refractivity (Wildman–Crippen MR) is 71.7 cm³/mol. The Morgan fingerprint density at radius 1 is 1.26 bits per heavy atom. The number of aliphatic carboxylic acids is 1. The maximum Gasteiger partial charge on any atom is 0.308 e.